The first kappa shape index (κ1) is 12.6. The van der Waals surface area contributed by atoms with Crippen LogP contribution < -0.4 is 0 Å². The summed E-state index contributed by atoms with van der Waals surface area (Å²) in [5.74, 6) is 0. The number of hydrogen-bond acceptors (Lipinski definition) is 2. The van der Waals surface area contributed by atoms with Crippen LogP contribution in [0, 0.1) is 11.5 Å². The van der Waals surface area contributed by atoms with Crippen LogP contribution in [0.15, 0.2) is 4.74 Å². The first-order valence-electron chi connectivity index (χ1n) is 3.93. The monoisotopic (exact) mass is 203 g/mol. The molecular formula is C7H18N5P. The molecular weight excluding hydrogens is 185 g/mol. The van der Waals surface area contributed by atoms with Crippen molar-refractivity contribution < 1.29 is 0 Å². The van der Waals surface area contributed by atoms with Crippen LogP contribution in [0.1, 0.15) is 0 Å². The van der Waals surface area contributed by atoms with E-state index in [0.717, 1.165) is 0 Å². The Kier molecular flexibility index (Phi) is 4.58. The molecule has 0 saturated heterocycles. The quantitative estimate of drug-likeness (QED) is 0.509. The molecule has 5 nitrogen and oxygen atoms in total. The lowest BCUT2D eigenvalue weighted by Gasteiger charge is -2.39. The van der Waals surface area contributed by atoms with Crippen molar-refractivity contribution in [2.45, 2.75) is 0 Å². The standard InChI is InChI=1S/C7H18N5P/c1-10(2)13(9-7-8,11(3)4)12(5)6/h1-6H3. The van der Waals surface area contributed by atoms with Gasteiger partial charge in [-0.05, 0) is 42.3 Å². The summed E-state index contributed by atoms with van der Waals surface area (Å²) < 4.78 is 10.0. The van der Waals surface area contributed by atoms with Crippen molar-refractivity contribution in [1.29, 1.82) is 5.26 Å². The summed E-state index contributed by atoms with van der Waals surface area (Å²) in [5.41, 5.74) is 0. The van der Waals surface area contributed by atoms with Crippen LogP contribution in [-0.4, -0.2) is 56.3 Å². The molecule has 0 bridgehead atoms. The number of nitriles is 1. The van der Waals surface area contributed by atoms with E-state index in [-0.39, 0.29) is 0 Å². The molecule has 0 amide bonds. The van der Waals surface area contributed by atoms with Crippen molar-refractivity contribution in [3.63, 3.8) is 0 Å². The molecule has 76 valence electrons. The highest BCUT2D eigenvalue weighted by Crippen LogP contribution is 2.54. The maximum atomic E-state index is 8.68. The highest BCUT2D eigenvalue weighted by molar-refractivity contribution is 7.59. The molecule has 13 heavy (non-hydrogen) atoms. The van der Waals surface area contributed by atoms with Crippen LogP contribution in [0.3, 0.4) is 0 Å². The molecule has 0 N–H and O–H groups in total. The SMILES string of the molecule is CN(C)P(=NC#N)(N(C)C)N(C)C. The summed E-state index contributed by atoms with van der Waals surface area (Å²) >= 11 is 0. The highest BCUT2D eigenvalue weighted by atomic mass is 31.2. The Morgan fingerprint density at radius 2 is 1.23 bits per heavy atom. The van der Waals surface area contributed by atoms with Gasteiger partial charge in [0.2, 0.25) is 6.19 Å². The molecule has 0 heterocycles. The second-order valence-corrected chi connectivity index (χ2v) is 6.95. The van der Waals surface area contributed by atoms with E-state index in [2.05, 4.69) is 4.74 Å². The van der Waals surface area contributed by atoms with Gasteiger partial charge in [0.05, 0.1) is 0 Å². The first-order chi connectivity index (χ1) is 5.89. The van der Waals surface area contributed by atoms with E-state index in [1.54, 1.807) is 0 Å². The lowest BCUT2D eigenvalue weighted by Crippen LogP contribution is -2.30. The van der Waals surface area contributed by atoms with E-state index in [9.17, 15) is 0 Å². The zero-order chi connectivity index (χ0) is 10.6. The molecule has 0 radical (unpaired) electrons. The summed E-state index contributed by atoms with van der Waals surface area (Å²) in [6.07, 6.45) is 1.90. The minimum absolute atomic E-state index is 1.90. The Morgan fingerprint density at radius 3 is 1.31 bits per heavy atom. The second kappa shape index (κ2) is 4.73. The van der Waals surface area contributed by atoms with Crippen LogP contribution in [0.4, 0.5) is 0 Å². The molecule has 0 aromatic rings. The first-order valence-corrected chi connectivity index (χ1v) is 5.53. The molecule has 6 heteroatoms. The van der Waals surface area contributed by atoms with Crippen molar-refractivity contribution in [2.75, 3.05) is 42.3 Å². The lowest BCUT2D eigenvalue weighted by molar-refractivity contribution is 0.474. The molecule has 0 aromatic heterocycles. The minimum Gasteiger partial charge on any atom is -0.251 e. The molecule has 0 aromatic carbocycles. The van der Waals surface area contributed by atoms with Gasteiger partial charge < -0.3 is 0 Å². The van der Waals surface area contributed by atoms with Gasteiger partial charge >= 0.3 is 0 Å². The normalized spacial score (nSPS) is 12.3. The molecule has 0 atom stereocenters. The topological polar surface area (TPSA) is 45.9 Å². The number of rotatable bonds is 3. The van der Waals surface area contributed by atoms with E-state index in [1.165, 1.54) is 0 Å². The molecule has 0 rings (SSSR count). The molecule has 0 unspecified atom stereocenters. The third kappa shape index (κ3) is 2.29. The van der Waals surface area contributed by atoms with Gasteiger partial charge in [0, 0.05) is 0 Å². The average Bonchev–Trinajstić information content (AvgIpc) is 1.97. The van der Waals surface area contributed by atoms with E-state index in [4.69, 9.17) is 5.26 Å². The lowest BCUT2D eigenvalue weighted by atomic mass is 11.2. The summed E-state index contributed by atoms with van der Waals surface area (Å²) in [6, 6.07) is 0. The summed E-state index contributed by atoms with van der Waals surface area (Å²) in [4.78, 5) is 0. The van der Waals surface area contributed by atoms with Crippen LogP contribution in [0.25, 0.3) is 0 Å². The van der Waals surface area contributed by atoms with Crippen LogP contribution in [0.2, 0.25) is 0 Å². The van der Waals surface area contributed by atoms with Gasteiger partial charge in [0.25, 0.3) is 0 Å². The number of hydrogen-bond donors (Lipinski definition) is 0. The maximum Gasteiger partial charge on any atom is 0.207 e. The van der Waals surface area contributed by atoms with Gasteiger partial charge in [0.1, 0.15) is 0 Å². The Bertz CT molecular complexity index is 222. The number of nitrogens with zero attached hydrogens (tertiary/aromatic N) is 5. The van der Waals surface area contributed by atoms with Crippen molar-refractivity contribution in [3.05, 3.63) is 0 Å². The average molecular weight is 203 g/mol. The molecule has 0 spiro atoms. The molecule has 0 aliphatic heterocycles. The Balaban J connectivity index is 5.37. The van der Waals surface area contributed by atoms with Crippen LogP contribution in [0.5, 0.6) is 0 Å². The van der Waals surface area contributed by atoms with E-state index >= 15 is 0 Å². The minimum atomic E-state index is -1.95. The van der Waals surface area contributed by atoms with Gasteiger partial charge in [-0.1, -0.05) is 0 Å². The fourth-order valence-electron chi connectivity index (χ4n) is 1.40. The fraction of sp³-hybridized carbons (Fsp3) is 0.857. The Morgan fingerprint density at radius 1 is 0.923 bits per heavy atom. The molecule has 0 fully saturated rings. The van der Waals surface area contributed by atoms with Crippen LogP contribution >= 0.6 is 7.51 Å². The van der Waals surface area contributed by atoms with Gasteiger partial charge in [-0.25, -0.2) is 0 Å². The second-order valence-electron chi connectivity index (χ2n) is 3.28. The predicted molar refractivity (Wildman–Crippen MR) is 56.0 cm³/mol. The van der Waals surface area contributed by atoms with E-state index < -0.39 is 7.51 Å². The van der Waals surface area contributed by atoms with Crippen molar-refractivity contribution in [1.82, 2.24) is 14.0 Å². The van der Waals surface area contributed by atoms with Gasteiger partial charge in [0.15, 0.2) is 7.51 Å². The van der Waals surface area contributed by atoms with E-state index in [0.29, 0.717) is 0 Å². The highest BCUT2D eigenvalue weighted by Gasteiger charge is 2.28. The van der Waals surface area contributed by atoms with Crippen molar-refractivity contribution >= 4 is 7.51 Å². The van der Waals surface area contributed by atoms with Gasteiger partial charge in [-0.2, -0.15) is 5.26 Å². The van der Waals surface area contributed by atoms with E-state index in [1.807, 2.05) is 62.5 Å². The molecule has 0 saturated carbocycles. The molecule has 0 aliphatic rings. The predicted octanol–water partition coefficient (Wildman–Crippen LogP) is 1.10. The largest absolute Gasteiger partial charge is 0.251 e. The van der Waals surface area contributed by atoms with Gasteiger partial charge in [-0.3, -0.25) is 14.0 Å². The zero-order valence-electron chi connectivity index (χ0n) is 9.18. The van der Waals surface area contributed by atoms with Gasteiger partial charge in [-0.15, -0.1) is 4.74 Å². The van der Waals surface area contributed by atoms with Crippen molar-refractivity contribution in [3.8, 4) is 6.19 Å². The Labute approximate surface area is 80.8 Å². The smallest absolute Gasteiger partial charge is 0.207 e. The summed E-state index contributed by atoms with van der Waals surface area (Å²) in [6.45, 7) is 0. The third-order valence-electron chi connectivity index (χ3n) is 1.79. The third-order valence-corrected chi connectivity index (χ3v) is 5.37. The zero-order valence-corrected chi connectivity index (χ0v) is 10.1. The molecule has 0 aliphatic carbocycles. The fourth-order valence-corrected chi connectivity index (χ4v) is 4.20. The van der Waals surface area contributed by atoms with Crippen LogP contribution in [-0.2, 0) is 0 Å². The van der Waals surface area contributed by atoms with Crippen molar-refractivity contribution in [2.24, 2.45) is 4.74 Å². The summed E-state index contributed by atoms with van der Waals surface area (Å²) in [7, 11) is 9.69. The summed E-state index contributed by atoms with van der Waals surface area (Å²) in [5, 5.41) is 8.68. The Hall–Kier alpha value is -0.400. The maximum absolute atomic E-state index is 8.68.